The standard InChI is InChI=1S/C14H17NO2S/c1-3-17-12-7-5-4-6-11(12)14(15)13-8-10(16-2)9-18-13/h4-9,14H,3,15H2,1-2H3. The van der Waals surface area contributed by atoms with Gasteiger partial charge in [-0.2, -0.15) is 0 Å². The molecule has 0 aliphatic heterocycles. The molecule has 0 aliphatic rings. The molecule has 2 rings (SSSR count). The zero-order chi connectivity index (χ0) is 13.0. The van der Waals surface area contributed by atoms with E-state index in [2.05, 4.69) is 0 Å². The quantitative estimate of drug-likeness (QED) is 0.901. The fraction of sp³-hybridized carbons (Fsp3) is 0.286. The average Bonchev–Trinajstić information content (AvgIpc) is 2.88. The van der Waals surface area contributed by atoms with Crippen molar-refractivity contribution in [2.24, 2.45) is 5.73 Å². The number of methoxy groups -OCH3 is 1. The van der Waals surface area contributed by atoms with Gasteiger partial charge in [0.15, 0.2) is 0 Å². The van der Waals surface area contributed by atoms with Crippen LogP contribution in [0.15, 0.2) is 35.7 Å². The summed E-state index contributed by atoms with van der Waals surface area (Å²) in [6, 6.07) is 9.67. The molecule has 0 aliphatic carbocycles. The van der Waals surface area contributed by atoms with E-state index >= 15 is 0 Å². The van der Waals surface area contributed by atoms with Gasteiger partial charge in [0.25, 0.3) is 0 Å². The summed E-state index contributed by atoms with van der Waals surface area (Å²) in [6.07, 6.45) is 0. The maximum atomic E-state index is 6.29. The Hall–Kier alpha value is -1.52. The second-order valence-electron chi connectivity index (χ2n) is 3.84. The zero-order valence-corrected chi connectivity index (χ0v) is 11.4. The van der Waals surface area contributed by atoms with Crippen molar-refractivity contribution in [2.45, 2.75) is 13.0 Å². The summed E-state index contributed by atoms with van der Waals surface area (Å²) in [5, 5.41) is 1.96. The molecule has 4 heteroatoms. The molecular formula is C14H17NO2S. The summed E-state index contributed by atoms with van der Waals surface area (Å²) in [5.41, 5.74) is 7.29. The van der Waals surface area contributed by atoms with Gasteiger partial charge in [-0.15, -0.1) is 11.3 Å². The molecule has 1 aromatic carbocycles. The molecular weight excluding hydrogens is 246 g/mol. The van der Waals surface area contributed by atoms with Crippen LogP contribution in [0.25, 0.3) is 0 Å². The molecule has 3 nitrogen and oxygen atoms in total. The molecule has 0 spiro atoms. The van der Waals surface area contributed by atoms with Crippen LogP contribution in [0, 0.1) is 0 Å². The Morgan fingerprint density at radius 1 is 1.33 bits per heavy atom. The smallest absolute Gasteiger partial charge is 0.129 e. The molecule has 2 aromatic rings. The van der Waals surface area contributed by atoms with E-state index in [1.54, 1.807) is 18.4 Å². The predicted octanol–water partition coefficient (Wildman–Crippen LogP) is 3.20. The summed E-state index contributed by atoms with van der Waals surface area (Å²) in [6.45, 7) is 2.61. The highest BCUT2D eigenvalue weighted by atomic mass is 32.1. The molecule has 0 saturated carbocycles. The molecule has 0 amide bonds. The molecule has 2 N–H and O–H groups in total. The number of thiophene rings is 1. The van der Waals surface area contributed by atoms with Crippen molar-refractivity contribution < 1.29 is 9.47 Å². The van der Waals surface area contributed by atoms with Crippen molar-refractivity contribution in [2.75, 3.05) is 13.7 Å². The van der Waals surface area contributed by atoms with Gasteiger partial charge in [0.05, 0.1) is 19.8 Å². The third-order valence-corrected chi connectivity index (χ3v) is 3.69. The summed E-state index contributed by atoms with van der Waals surface area (Å²) < 4.78 is 10.8. The summed E-state index contributed by atoms with van der Waals surface area (Å²) in [5.74, 6) is 1.69. The van der Waals surface area contributed by atoms with Crippen molar-refractivity contribution in [1.82, 2.24) is 0 Å². The van der Waals surface area contributed by atoms with Gasteiger partial charge < -0.3 is 15.2 Å². The summed E-state index contributed by atoms with van der Waals surface area (Å²) in [7, 11) is 1.66. The van der Waals surface area contributed by atoms with Crippen molar-refractivity contribution in [3.05, 3.63) is 46.2 Å². The molecule has 1 atom stereocenters. The summed E-state index contributed by atoms with van der Waals surface area (Å²) in [4.78, 5) is 1.07. The fourth-order valence-electron chi connectivity index (χ4n) is 1.78. The number of ether oxygens (including phenoxy) is 2. The van der Waals surface area contributed by atoms with Gasteiger partial charge >= 0.3 is 0 Å². The number of rotatable bonds is 5. The molecule has 0 bridgehead atoms. The van der Waals surface area contributed by atoms with Gasteiger partial charge in [0.1, 0.15) is 11.5 Å². The van der Waals surface area contributed by atoms with Crippen LogP contribution in [0.2, 0.25) is 0 Å². The highest BCUT2D eigenvalue weighted by Gasteiger charge is 2.15. The van der Waals surface area contributed by atoms with E-state index in [4.69, 9.17) is 15.2 Å². The topological polar surface area (TPSA) is 44.5 Å². The number of para-hydroxylation sites is 1. The van der Waals surface area contributed by atoms with Crippen LogP contribution in [-0.4, -0.2) is 13.7 Å². The van der Waals surface area contributed by atoms with Gasteiger partial charge in [0, 0.05) is 15.8 Å². The van der Waals surface area contributed by atoms with E-state index < -0.39 is 0 Å². The largest absolute Gasteiger partial charge is 0.496 e. The van der Waals surface area contributed by atoms with E-state index in [0.29, 0.717) is 6.61 Å². The minimum Gasteiger partial charge on any atom is -0.496 e. The van der Waals surface area contributed by atoms with E-state index in [1.165, 1.54) is 0 Å². The normalized spacial score (nSPS) is 12.2. The SMILES string of the molecule is CCOc1ccccc1C(N)c1cc(OC)cs1. The van der Waals surface area contributed by atoms with Crippen LogP contribution in [0.3, 0.4) is 0 Å². The third kappa shape index (κ3) is 2.66. The van der Waals surface area contributed by atoms with E-state index in [0.717, 1.165) is 21.9 Å². The van der Waals surface area contributed by atoms with Gasteiger partial charge in [-0.3, -0.25) is 0 Å². The highest BCUT2D eigenvalue weighted by molar-refractivity contribution is 7.10. The fourth-order valence-corrected chi connectivity index (χ4v) is 2.66. The lowest BCUT2D eigenvalue weighted by molar-refractivity contribution is 0.335. The van der Waals surface area contributed by atoms with Crippen molar-refractivity contribution >= 4 is 11.3 Å². The van der Waals surface area contributed by atoms with Crippen molar-refractivity contribution in [1.29, 1.82) is 0 Å². The minimum absolute atomic E-state index is 0.179. The average molecular weight is 263 g/mol. The Bertz CT molecular complexity index is 510. The van der Waals surface area contributed by atoms with Gasteiger partial charge in [-0.1, -0.05) is 18.2 Å². The van der Waals surface area contributed by atoms with Gasteiger partial charge in [0.2, 0.25) is 0 Å². The van der Waals surface area contributed by atoms with Crippen LogP contribution in [0.4, 0.5) is 0 Å². The van der Waals surface area contributed by atoms with Crippen LogP contribution in [-0.2, 0) is 0 Å². The number of hydrogen-bond donors (Lipinski definition) is 1. The van der Waals surface area contributed by atoms with Crippen LogP contribution < -0.4 is 15.2 Å². The molecule has 1 aromatic heterocycles. The molecule has 1 unspecified atom stereocenters. The van der Waals surface area contributed by atoms with Crippen LogP contribution >= 0.6 is 11.3 Å². The second-order valence-corrected chi connectivity index (χ2v) is 4.78. The molecule has 1 heterocycles. The first-order valence-corrected chi connectivity index (χ1v) is 6.74. The molecule has 0 radical (unpaired) electrons. The predicted molar refractivity (Wildman–Crippen MR) is 74.5 cm³/mol. The van der Waals surface area contributed by atoms with E-state index in [1.807, 2.05) is 42.6 Å². The lowest BCUT2D eigenvalue weighted by atomic mass is 10.1. The Morgan fingerprint density at radius 2 is 2.11 bits per heavy atom. The van der Waals surface area contributed by atoms with Gasteiger partial charge in [-0.05, 0) is 19.1 Å². The second kappa shape index (κ2) is 5.89. The Labute approximate surface area is 111 Å². The first-order valence-electron chi connectivity index (χ1n) is 5.86. The number of hydrogen-bond acceptors (Lipinski definition) is 4. The molecule has 0 saturated heterocycles. The summed E-state index contributed by atoms with van der Waals surface area (Å²) >= 11 is 1.60. The van der Waals surface area contributed by atoms with Crippen LogP contribution in [0.5, 0.6) is 11.5 Å². The maximum absolute atomic E-state index is 6.29. The zero-order valence-electron chi connectivity index (χ0n) is 10.6. The van der Waals surface area contributed by atoms with E-state index in [-0.39, 0.29) is 6.04 Å². The van der Waals surface area contributed by atoms with E-state index in [9.17, 15) is 0 Å². The minimum atomic E-state index is -0.179. The monoisotopic (exact) mass is 263 g/mol. The maximum Gasteiger partial charge on any atom is 0.129 e. The van der Waals surface area contributed by atoms with Crippen molar-refractivity contribution in [3.63, 3.8) is 0 Å². The molecule has 18 heavy (non-hydrogen) atoms. The Morgan fingerprint density at radius 3 is 2.78 bits per heavy atom. The number of benzene rings is 1. The highest BCUT2D eigenvalue weighted by Crippen LogP contribution is 2.33. The van der Waals surface area contributed by atoms with Crippen molar-refractivity contribution in [3.8, 4) is 11.5 Å². The third-order valence-electron chi connectivity index (χ3n) is 2.69. The van der Waals surface area contributed by atoms with Gasteiger partial charge in [-0.25, -0.2) is 0 Å². The Balaban J connectivity index is 2.29. The number of nitrogens with two attached hydrogens (primary N) is 1. The lowest BCUT2D eigenvalue weighted by Crippen LogP contribution is -2.12. The van der Waals surface area contributed by atoms with Crippen LogP contribution in [0.1, 0.15) is 23.4 Å². The lowest BCUT2D eigenvalue weighted by Gasteiger charge is -2.15. The molecule has 0 fully saturated rings. The first-order chi connectivity index (χ1) is 8.76. The first kappa shape index (κ1) is 12.9. The Kier molecular flexibility index (Phi) is 4.23. The molecule has 96 valence electrons.